The summed E-state index contributed by atoms with van der Waals surface area (Å²) in [5.74, 6) is -0.0311. The van der Waals surface area contributed by atoms with E-state index < -0.39 is 6.10 Å². The fourth-order valence-electron chi connectivity index (χ4n) is 3.51. The number of carbonyl (C=O) groups excluding carboxylic acids is 1. The predicted molar refractivity (Wildman–Crippen MR) is 111 cm³/mol. The second-order valence-electron chi connectivity index (χ2n) is 8.07. The van der Waals surface area contributed by atoms with Gasteiger partial charge < -0.3 is 19.3 Å². The molecule has 29 heavy (non-hydrogen) atoms. The van der Waals surface area contributed by atoms with E-state index in [9.17, 15) is 14.3 Å². The Morgan fingerprint density at radius 3 is 2.72 bits per heavy atom. The molecule has 1 aromatic carbocycles. The van der Waals surface area contributed by atoms with Gasteiger partial charge in [0, 0.05) is 25.1 Å². The molecule has 2 atom stereocenters. The van der Waals surface area contributed by atoms with Crippen molar-refractivity contribution in [2.24, 2.45) is 5.92 Å². The van der Waals surface area contributed by atoms with E-state index in [-0.39, 0.29) is 18.4 Å². The van der Waals surface area contributed by atoms with Crippen molar-refractivity contribution in [3.63, 3.8) is 0 Å². The lowest BCUT2D eigenvalue weighted by Crippen LogP contribution is -3.12. The Labute approximate surface area is 173 Å². The quantitative estimate of drug-likeness (QED) is 0.533. The molecule has 2 N–H and O–H groups in total. The van der Waals surface area contributed by atoms with Gasteiger partial charge in [-0.2, -0.15) is 0 Å². The highest BCUT2D eigenvalue weighted by molar-refractivity contribution is 5.69. The maximum absolute atomic E-state index is 13.5. The number of nitrogens with zero attached hydrogens (tertiary/aromatic N) is 1. The second-order valence-corrected chi connectivity index (χ2v) is 8.07. The summed E-state index contributed by atoms with van der Waals surface area (Å²) >= 11 is 0. The highest BCUT2D eigenvalue weighted by atomic mass is 19.1. The van der Waals surface area contributed by atoms with Crippen LogP contribution in [0.25, 0.3) is 0 Å². The summed E-state index contributed by atoms with van der Waals surface area (Å²) in [6, 6.07) is 10.7. The molecule has 1 heterocycles. The molecule has 0 saturated heterocycles. The van der Waals surface area contributed by atoms with Crippen LogP contribution in [-0.4, -0.2) is 41.4 Å². The number of aliphatic hydroxyl groups excluding tert-OH is 1. The number of rotatable bonds is 12. The maximum Gasteiger partial charge on any atom is 0.305 e. The average Bonchev–Trinajstić information content (AvgIpc) is 3.06. The first-order valence-corrected chi connectivity index (χ1v) is 10.4. The maximum atomic E-state index is 13.5. The van der Waals surface area contributed by atoms with Gasteiger partial charge in [0.2, 0.25) is 0 Å². The monoisotopic (exact) mass is 405 g/mol. The number of esters is 1. The summed E-state index contributed by atoms with van der Waals surface area (Å²) in [6.07, 6.45) is 2.41. The molecule has 0 radical (unpaired) electrons. The van der Waals surface area contributed by atoms with Crippen molar-refractivity contribution < 1.29 is 23.9 Å². The summed E-state index contributed by atoms with van der Waals surface area (Å²) in [5, 5.41) is 10.4. The van der Waals surface area contributed by atoms with Crippen LogP contribution in [0.4, 0.5) is 4.39 Å². The van der Waals surface area contributed by atoms with Gasteiger partial charge in [-0.05, 0) is 36.2 Å². The van der Waals surface area contributed by atoms with E-state index in [1.165, 1.54) is 11.0 Å². The fourth-order valence-corrected chi connectivity index (χ4v) is 3.51. The van der Waals surface area contributed by atoms with Gasteiger partial charge in [-0.3, -0.25) is 4.79 Å². The first-order chi connectivity index (χ1) is 13.9. The largest absolute Gasteiger partial charge is 0.463 e. The zero-order valence-electron chi connectivity index (χ0n) is 17.7. The molecule has 5 nitrogen and oxygen atoms in total. The Balaban J connectivity index is 1.99. The molecule has 0 spiro atoms. The molecule has 1 unspecified atom stereocenters. The van der Waals surface area contributed by atoms with Gasteiger partial charge in [0.15, 0.2) is 0 Å². The highest BCUT2D eigenvalue weighted by Gasteiger charge is 2.20. The van der Waals surface area contributed by atoms with E-state index in [0.717, 1.165) is 30.8 Å². The molecule has 0 aliphatic rings. The van der Waals surface area contributed by atoms with Crippen molar-refractivity contribution in [2.45, 2.75) is 52.8 Å². The highest BCUT2D eigenvalue weighted by Crippen LogP contribution is 2.09. The predicted octanol–water partition coefficient (Wildman–Crippen LogP) is 2.42. The second kappa shape index (κ2) is 11.7. The third-order valence-electron chi connectivity index (χ3n) is 4.71. The summed E-state index contributed by atoms with van der Waals surface area (Å²) < 4.78 is 20.8. The number of benzene rings is 1. The minimum atomic E-state index is -0.698. The number of carbonyl (C=O) groups is 1. The summed E-state index contributed by atoms with van der Waals surface area (Å²) in [7, 11) is 0. The first-order valence-electron chi connectivity index (χ1n) is 10.4. The zero-order chi connectivity index (χ0) is 21.2. The van der Waals surface area contributed by atoms with Gasteiger partial charge >= 0.3 is 5.97 Å². The van der Waals surface area contributed by atoms with Crippen LogP contribution in [0.3, 0.4) is 0 Å². The van der Waals surface area contributed by atoms with Gasteiger partial charge in [-0.1, -0.05) is 32.9 Å². The number of aromatic nitrogens is 1. The van der Waals surface area contributed by atoms with Crippen LogP contribution >= 0.6 is 0 Å². The third-order valence-corrected chi connectivity index (χ3v) is 4.71. The first kappa shape index (κ1) is 23.1. The fraction of sp³-hybridized carbons (Fsp3) is 0.522. The van der Waals surface area contributed by atoms with Crippen molar-refractivity contribution in [3.8, 4) is 0 Å². The number of hydrogen-bond donors (Lipinski definition) is 2. The van der Waals surface area contributed by atoms with Gasteiger partial charge in [0.05, 0.1) is 12.2 Å². The van der Waals surface area contributed by atoms with E-state index in [4.69, 9.17) is 4.74 Å². The molecule has 0 aliphatic heterocycles. The van der Waals surface area contributed by atoms with Crippen LogP contribution in [0, 0.1) is 11.7 Å². The zero-order valence-corrected chi connectivity index (χ0v) is 17.7. The van der Waals surface area contributed by atoms with E-state index in [1.807, 2.05) is 25.3 Å². The van der Waals surface area contributed by atoms with Crippen LogP contribution < -0.4 is 4.90 Å². The Morgan fingerprint density at radius 2 is 2.03 bits per heavy atom. The van der Waals surface area contributed by atoms with Crippen LogP contribution in [0.5, 0.6) is 0 Å². The van der Waals surface area contributed by atoms with E-state index >= 15 is 0 Å². The molecule has 160 valence electrons. The van der Waals surface area contributed by atoms with Crippen molar-refractivity contribution in [1.29, 1.82) is 0 Å². The van der Waals surface area contributed by atoms with Crippen LogP contribution in [0.1, 0.15) is 44.9 Å². The Hall–Kier alpha value is -2.18. The van der Waals surface area contributed by atoms with E-state index in [0.29, 0.717) is 25.4 Å². The number of ether oxygens (including phenoxy) is 1. The van der Waals surface area contributed by atoms with Gasteiger partial charge in [0.1, 0.15) is 31.6 Å². The molecular weight excluding hydrogens is 371 g/mol. The number of nitrogens with one attached hydrogen (secondary N) is 1. The Kier molecular flexibility index (Phi) is 9.35. The molecule has 0 bridgehead atoms. The lowest BCUT2D eigenvalue weighted by Gasteiger charge is -2.24. The minimum Gasteiger partial charge on any atom is -0.463 e. The lowest BCUT2D eigenvalue weighted by molar-refractivity contribution is -0.920. The van der Waals surface area contributed by atoms with Crippen LogP contribution in [0.2, 0.25) is 0 Å². The molecule has 2 aromatic rings. The molecular formula is C23H34FN2O3+. The standard InChI is InChI=1S/C23H33FN2O3/c1-4-7-23(28)29-17-22(27)16-25(13-18(2)3)15-21-10-6-11-26(21)14-19-8-5-9-20(24)12-19/h5-6,8-12,18,22,27H,4,7,13-17H2,1-3H3/p+1/t22-/m1/s1. The summed E-state index contributed by atoms with van der Waals surface area (Å²) in [5.41, 5.74) is 2.04. The normalized spacial score (nSPS) is 13.4. The molecule has 0 aliphatic carbocycles. The van der Waals surface area contributed by atoms with Crippen molar-refractivity contribution in [1.82, 2.24) is 4.57 Å². The number of aliphatic hydroxyl groups is 1. The lowest BCUT2D eigenvalue weighted by atomic mass is 10.2. The molecule has 0 fully saturated rings. The molecule has 0 amide bonds. The number of hydrogen-bond acceptors (Lipinski definition) is 3. The van der Waals surface area contributed by atoms with Gasteiger partial charge in [0.25, 0.3) is 0 Å². The smallest absolute Gasteiger partial charge is 0.305 e. The summed E-state index contributed by atoms with van der Waals surface area (Å²) in [6.45, 7) is 9.00. The molecule has 2 rings (SSSR count). The minimum absolute atomic E-state index is 0.0325. The number of halogens is 1. The SMILES string of the molecule is CCCC(=O)OC[C@H](O)C[NH+](Cc1cccn1Cc1cccc(F)c1)CC(C)C. The van der Waals surface area contributed by atoms with Crippen LogP contribution in [0.15, 0.2) is 42.6 Å². The van der Waals surface area contributed by atoms with Crippen molar-refractivity contribution in [2.75, 3.05) is 19.7 Å². The van der Waals surface area contributed by atoms with Gasteiger partial charge in [-0.25, -0.2) is 4.39 Å². The Morgan fingerprint density at radius 1 is 1.24 bits per heavy atom. The Bertz CT molecular complexity index is 760. The van der Waals surface area contributed by atoms with Crippen molar-refractivity contribution in [3.05, 3.63) is 59.7 Å². The topological polar surface area (TPSA) is 55.9 Å². The number of quaternary nitrogens is 1. The third kappa shape index (κ3) is 8.38. The van der Waals surface area contributed by atoms with E-state index in [1.54, 1.807) is 12.1 Å². The average molecular weight is 406 g/mol. The van der Waals surface area contributed by atoms with Crippen molar-refractivity contribution >= 4 is 5.97 Å². The molecule has 1 aromatic heterocycles. The van der Waals surface area contributed by atoms with Gasteiger partial charge in [-0.15, -0.1) is 0 Å². The van der Waals surface area contributed by atoms with Crippen LogP contribution in [-0.2, 0) is 22.6 Å². The van der Waals surface area contributed by atoms with E-state index in [2.05, 4.69) is 24.5 Å². The summed E-state index contributed by atoms with van der Waals surface area (Å²) in [4.78, 5) is 12.8. The molecule has 0 saturated carbocycles. The molecule has 6 heteroatoms.